The number of nitrogens with one attached hydrogen (secondary N) is 3. The van der Waals surface area contributed by atoms with E-state index in [1.807, 2.05) is 30.3 Å². The van der Waals surface area contributed by atoms with E-state index in [2.05, 4.69) is 34.1 Å². The van der Waals surface area contributed by atoms with Gasteiger partial charge >= 0.3 is 6.03 Å². The Balaban J connectivity index is 1.61. The van der Waals surface area contributed by atoms with Gasteiger partial charge in [-0.3, -0.25) is 4.79 Å². The summed E-state index contributed by atoms with van der Waals surface area (Å²) in [5.74, 6) is -0.0847. The molecule has 0 heterocycles. The summed E-state index contributed by atoms with van der Waals surface area (Å²) in [4.78, 5) is 24.0. The topological polar surface area (TPSA) is 70.2 Å². The number of benzene rings is 2. The number of carbonyl (C=O) groups excluding carboxylic acids is 2. The van der Waals surface area contributed by atoms with Crippen LogP contribution in [-0.2, 0) is 24.1 Å². The second-order valence-corrected chi connectivity index (χ2v) is 6.31. The van der Waals surface area contributed by atoms with Gasteiger partial charge < -0.3 is 16.0 Å². The number of urea groups is 1. The minimum absolute atomic E-state index is 0.0847. The second-order valence-electron chi connectivity index (χ2n) is 6.31. The molecule has 3 rings (SSSR count). The molecule has 3 amide bonds. The molecule has 0 aliphatic heterocycles. The van der Waals surface area contributed by atoms with E-state index in [4.69, 9.17) is 0 Å². The summed E-state index contributed by atoms with van der Waals surface area (Å²) in [5.41, 5.74) is 4.14. The third kappa shape index (κ3) is 4.38. The fourth-order valence-electron chi connectivity index (χ4n) is 3.22. The third-order valence-electron chi connectivity index (χ3n) is 4.58. The molecule has 1 aliphatic carbocycles. The molecular weight excluding hydrogens is 314 g/mol. The van der Waals surface area contributed by atoms with Crippen molar-refractivity contribution in [3.63, 3.8) is 0 Å². The van der Waals surface area contributed by atoms with Crippen molar-refractivity contribution in [3.05, 3.63) is 65.2 Å². The van der Waals surface area contributed by atoms with E-state index < -0.39 is 0 Å². The van der Waals surface area contributed by atoms with Gasteiger partial charge in [0, 0.05) is 18.8 Å². The molecule has 1 unspecified atom stereocenters. The van der Waals surface area contributed by atoms with Crippen LogP contribution >= 0.6 is 0 Å². The number of carbonyl (C=O) groups is 2. The number of likely N-dealkylation sites (N-methyl/N-ethyl adjacent to an activating group) is 1. The Bertz CT molecular complexity index is 773. The average molecular weight is 337 g/mol. The molecule has 2 aromatic rings. The van der Waals surface area contributed by atoms with Crippen molar-refractivity contribution < 1.29 is 9.59 Å². The number of hydrogen-bond acceptors (Lipinski definition) is 2. The number of para-hydroxylation sites is 1. The number of rotatable bonds is 4. The highest BCUT2D eigenvalue weighted by atomic mass is 16.2. The van der Waals surface area contributed by atoms with Crippen LogP contribution in [0.2, 0.25) is 0 Å². The number of fused-ring (bicyclic) bond motifs is 1. The zero-order chi connectivity index (χ0) is 17.6. The first-order valence-electron chi connectivity index (χ1n) is 8.58. The highest BCUT2D eigenvalue weighted by Gasteiger charge is 2.20. The Labute approximate surface area is 147 Å². The van der Waals surface area contributed by atoms with E-state index in [1.165, 1.54) is 11.1 Å². The molecule has 1 aliphatic rings. The number of aryl methyl sites for hydroxylation is 1. The fourth-order valence-corrected chi connectivity index (χ4v) is 3.22. The molecule has 5 nitrogen and oxygen atoms in total. The minimum Gasteiger partial charge on any atom is -0.359 e. The van der Waals surface area contributed by atoms with Crippen LogP contribution in [0.25, 0.3) is 0 Å². The highest BCUT2D eigenvalue weighted by Crippen LogP contribution is 2.21. The summed E-state index contributed by atoms with van der Waals surface area (Å²) in [6.07, 6.45) is 3.01. The standard InChI is InChI=1S/C20H23N3O2/c1-21-19(24)13-16-8-4-5-9-18(16)23-20(25)22-17-11-10-14-6-2-3-7-15(14)12-17/h2-9,17H,10-13H2,1H3,(H,21,24)(H2,22,23,25). The monoisotopic (exact) mass is 337 g/mol. The van der Waals surface area contributed by atoms with Crippen molar-refractivity contribution in [1.82, 2.24) is 10.6 Å². The van der Waals surface area contributed by atoms with Crippen molar-refractivity contribution in [3.8, 4) is 0 Å². The van der Waals surface area contributed by atoms with Crippen LogP contribution in [0.4, 0.5) is 10.5 Å². The summed E-state index contributed by atoms with van der Waals surface area (Å²) < 4.78 is 0. The number of hydrogen-bond donors (Lipinski definition) is 3. The quantitative estimate of drug-likeness (QED) is 0.803. The predicted molar refractivity (Wildman–Crippen MR) is 98.6 cm³/mol. The van der Waals surface area contributed by atoms with Gasteiger partial charge in [-0.15, -0.1) is 0 Å². The van der Waals surface area contributed by atoms with Gasteiger partial charge in [-0.2, -0.15) is 0 Å². The Morgan fingerprint density at radius 2 is 1.76 bits per heavy atom. The minimum atomic E-state index is -0.228. The molecule has 1 atom stereocenters. The van der Waals surface area contributed by atoms with Crippen LogP contribution in [-0.4, -0.2) is 25.0 Å². The van der Waals surface area contributed by atoms with Crippen molar-refractivity contribution in [2.45, 2.75) is 31.7 Å². The fraction of sp³-hybridized carbons (Fsp3) is 0.300. The van der Waals surface area contributed by atoms with E-state index in [-0.39, 0.29) is 24.4 Å². The molecule has 0 radical (unpaired) electrons. The van der Waals surface area contributed by atoms with E-state index in [1.54, 1.807) is 7.05 Å². The van der Waals surface area contributed by atoms with Crippen molar-refractivity contribution in [2.24, 2.45) is 0 Å². The van der Waals surface area contributed by atoms with Gasteiger partial charge in [0.1, 0.15) is 0 Å². The molecule has 0 bridgehead atoms. The number of anilines is 1. The molecular formula is C20H23N3O2. The normalized spacial score (nSPS) is 15.8. The van der Waals surface area contributed by atoms with Gasteiger partial charge in [0.2, 0.25) is 5.91 Å². The van der Waals surface area contributed by atoms with Crippen LogP contribution in [0.3, 0.4) is 0 Å². The largest absolute Gasteiger partial charge is 0.359 e. The first kappa shape index (κ1) is 17.0. The van der Waals surface area contributed by atoms with Gasteiger partial charge in [-0.1, -0.05) is 42.5 Å². The van der Waals surface area contributed by atoms with Crippen LogP contribution < -0.4 is 16.0 Å². The summed E-state index contributed by atoms with van der Waals surface area (Å²) >= 11 is 0. The molecule has 0 saturated heterocycles. The van der Waals surface area contributed by atoms with Gasteiger partial charge in [-0.25, -0.2) is 4.79 Å². The van der Waals surface area contributed by atoms with Crippen molar-refractivity contribution in [1.29, 1.82) is 0 Å². The van der Waals surface area contributed by atoms with Crippen LogP contribution in [0.1, 0.15) is 23.1 Å². The summed E-state index contributed by atoms with van der Waals surface area (Å²) in [7, 11) is 1.60. The lowest BCUT2D eigenvalue weighted by Gasteiger charge is -2.25. The molecule has 0 aromatic heterocycles. The van der Waals surface area contributed by atoms with E-state index >= 15 is 0 Å². The molecule has 0 fully saturated rings. The lowest BCUT2D eigenvalue weighted by atomic mass is 9.88. The van der Waals surface area contributed by atoms with Gasteiger partial charge in [-0.05, 0) is 42.0 Å². The highest BCUT2D eigenvalue weighted by molar-refractivity contribution is 5.91. The van der Waals surface area contributed by atoms with E-state index in [0.717, 1.165) is 24.8 Å². The molecule has 25 heavy (non-hydrogen) atoms. The zero-order valence-electron chi connectivity index (χ0n) is 14.3. The Morgan fingerprint density at radius 1 is 1.04 bits per heavy atom. The Hall–Kier alpha value is -2.82. The average Bonchev–Trinajstić information content (AvgIpc) is 2.63. The van der Waals surface area contributed by atoms with Crippen LogP contribution in [0.5, 0.6) is 0 Å². The first-order valence-corrected chi connectivity index (χ1v) is 8.58. The van der Waals surface area contributed by atoms with Crippen LogP contribution in [0, 0.1) is 0 Å². The molecule has 5 heteroatoms. The predicted octanol–water partition coefficient (Wildman–Crippen LogP) is 2.65. The lowest BCUT2D eigenvalue weighted by molar-refractivity contribution is -0.119. The SMILES string of the molecule is CNC(=O)Cc1ccccc1NC(=O)NC1CCc2ccccc2C1. The van der Waals surface area contributed by atoms with Crippen LogP contribution in [0.15, 0.2) is 48.5 Å². The van der Waals surface area contributed by atoms with Gasteiger partial charge in [0.15, 0.2) is 0 Å². The molecule has 130 valence electrons. The maximum Gasteiger partial charge on any atom is 0.319 e. The number of amides is 3. The smallest absolute Gasteiger partial charge is 0.319 e. The van der Waals surface area contributed by atoms with Gasteiger partial charge in [0.05, 0.1) is 6.42 Å². The Morgan fingerprint density at radius 3 is 2.56 bits per heavy atom. The molecule has 0 spiro atoms. The van der Waals surface area contributed by atoms with Crippen molar-refractivity contribution >= 4 is 17.6 Å². The summed E-state index contributed by atoms with van der Waals surface area (Å²) in [6, 6.07) is 15.6. The zero-order valence-corrected chi connectivity index (χ0v) is 14.3. The van der Waals surface area contributed by atoms with Crippen molar-refractivity contribution in [2.75, 3.05) is 12.4 Å². The summed E-state index contributed by atoms with van der Waals surface area (Å²) in [5, 5.41) is 8.54. The van der Waals surface area contributed by atoms with E-state index in [0.29, 0.717) is 5.69 Å². The molecule has 0 saturated carbocycles. The molecule has 2 aromatic carbocycles. The van der Waals surface area contributed by atoms with E-state index in [9.17, 15) is 9.59 Å². The van der Waals surface area contributed by atoms with Gasteiger partial charge in [0.25, 0.3) is 0 Å². The maximum absolute atomic E-state index is 12.4. The lowest BCUT2D eigenvalue weighted by Crippen LogP contribution is -2.41. The maximum atomic E-state index is 12.4. The Kier molecular flexibility index (Phi) is 5.33. The molecule has 3 N–H and O–H groups in total. The first-order chi connectivity index (χ1) is 12.2. The third-order valence-corrected chi connectivity index (χ3v) is 4.58. The summed E-state index contributed by atoms with van der Waals surface area (Å²) in [6.45, 7) is 0. The second kappa shape index (κ2) is 7.83.